The highest BCUT2D eigenvalue weighted by molar-refractivity contribution is 7.10. The van der Waals surface area contributed by atoms with E-state index in [2.05, 4.69) is 22.4 Å². The number of aliphatic hydroxyl groups excluding tert-OH is 1. The molecule has 2 aromatic rings. The van der Waals surface area contributed by atoms with Crippen LogP contribution in [0.15, 0.2) is 35.7 Å². The van der Waals surface area contributed by atoms with Crippen LogP contribution in [0.4, 0.5) is 0 Å². The highest BCUT2D eigenvalue weighted by atomic mass is 32.1. The summed E-state index contributed by atoms with van der Waals surface area (Å²) in [6.07, 6.45) is 1.86. The Morgan fingerprint density at radius 1 is 1.22 bits per heavy atom. The Balaban J connectivity index is 1.48. The maximum atomic E-state index is 10.7. The monoisotopic (exact) mass is 331 g/mol. The molecule has 1 aromatic carbocycles. The van der Waals surface area contributed by atoms with E-state index in [9.17, 15) is 5.11 Å². The summed E-state index contributed by atoms with van der Waals surface area (Å²) >= 11 is 1.81. The molecular weight excluding hydrogens is 310 g/mol. The second-order valence-corrected chi connectivity index (χ2v) is 7.07. The zero-order chi connectivity index (χ0) is 15.6. The van der Waals surface area contributed by atoms with E-state index in [-0.39, 0.29) is 0 Å². The molecule has 2 atom stereocenters. The number of fused-ring (bicyclic) bond motifs is 1. The molecule has 122 valence electrons. The molecule has 1 N–H and O–H groups in total. The molecule has 0 radical (unpaired) electrons. The minimum atomic E-state index is -0.508. The third kappa shape index (κ3) is 3.09. The van der Waals surface area contributed by atoms with Gasteiger partial charge in [-0.25, -0.2) is 0 Å². The van der Waals surface area contributed by atoms with Gasteiger partial charge in [-0.3, -0.25) is 4.90 Å². The van der Waals surface area contributed by atoms with E-state index in [4.69, 9.17) is 9.47 Å². The fourth-order valence-electron chi connectivity index (χ4n) is 3.44. The average Bonchev–Trinajstić information content (AvgIpc) is 3.25. The van der Waals surface area contributed by atoms with Crippen molar-refractivity contribution in [3.8, 4) is 11.5 Å². The number of ether oxygens (including phenoxy) is 2. The summed E-state index contributed by atoms with van der Waals surface area (Å²) in [5, 5.41) is 12.8. The number of hydrogen-bond acceptors (Lipinski definition) is 5. The van der Waals surface area contributed by atoms with Crippen LogP contribution in [-0.4, -0.2) is 36.3 Å². The Bertz CT molecular complexity index is 658. The number of thiophene rings is 1. The van der Waals surface area contributed by atoms with Crippen molar-refractivity contribution in [1.82, 2.24) is 4.90 Å². The first-order chi connectivity index (χ1) is 11.3. The van der Waals surface area contributed by atoms with Crippen molar-refractivity contribution in [2.24, 2.45) is 0 Å². The van der Waals surface area contributed by atoms with Crippen molar-refractivity contribution in [2.75, 3.05) is 26.3 Å². The molecule has 0 unspecified atom stereocenters. The van der Waals surface area contributed by atoms with Gasteiger partial charge in [0, 0.05) is 17.5 Å². The molecule has 1 fully saturated rings. The van der Waals surface area contributed by atoms with Crippen LogP contribution in [0.25, 0.3) is 0 Å². The first kappa shape index (κ1) is 15.0. The van der Waals surface area contributed by atoms with Crippen LogP contribution in [-0.2, 0) is 0 Å². The number of β-amino-alcohol motifs (C(OH)–C–C–N with tert-alkyl or cyclic N) is 1. The Morgan fingerprint density at radius 3 is 2.91 bits per heavy atom. The lowest BCUT2D eigenvalue weighted by Crippen LogP contribution is -2.28. The standard InChI is InChI=1S/C18H21NO3S/c20-15(13-5-6-16-17(11-13)22-9-8-21-16)12-19-7-1-3-14(19)18-4-2-10-23-18/h2,4-6,10-11,14-15,20H,1,3,7-9,12H2/t14-,15+/m1/s1. The Morgan fingerprint density at radius 2 is 2.09 bits per heavy atom. The number of aliphatic hydroxyl groups is 1. The molecule has 0 bridgehead atoms. The molecule has 1 saturated heterocycles. The van der Waals surface area contributed by atoms with Crippen LogP contribution >= 0.6 is 11.3 Å². The van der Waals surface area contributed by atoms with Crippen LogP contribution in [0.3, 0.4) is 0 Å². The predicted octanol–water partition coefficient (Wildman–Crippen LogP) is 3.39. The molecule has 1 aromatic heterocycles. The molecule has 4 nitrogen and oxygen atoms in total. The average molecular weight is 331 g/mol. The van der Waals surface area contributed by atoms with Gasteiger partial charge in [-0.1, -0.05) is 12.1 Å². The molecule has 0 aliphatic carbocycles. The van der Waals surface area contributed by atoms with Gasteiger partial charge in [0.1, 0.15) is 13.2 Å². The second-order valence-electron chi connectivity index (χ2n) is 6.09. The van der Waals surface area contributed by atoms with Gasteiger partial charge in [0.2, 0.25) is 0 Å². The van der Waals surface area contributed by atoms with Gasteiger partial charge in [-0.05, 0) is 48.5 Å². The smallest absolute Gasteiger partial charge is 0.161 e. The van der Waals surface area contributed by atoms with Crippen molar-refractivity contribution in [1.29, 1.82) is 0 Å². The SMILES string of the molecule is O[C@@H](CN1CCC[C@@H]1c1cccs1)c1ccc2c(c1)OCCO2. The van der Waals surface area contributed by atoms with E-state index in [0.717, 1.165) is 23.6 Å². The van der Waals surface area contributed by atoms with E-state index in [1.807, 2.05) is 18.2 Å². The minimum absolute atomic E-state index is 0.446. The molecule has 23 heavy (non-hydrogen) atoms. The van der Waals surface area contributed by atoms with Gasteiger partial charge < -0.3 is 14.6 Å². The van der Waals surface area contributed by atoms with Crippen molar-refractivity contribution >= 4 is 11.3 Å². The fraction of sp³-hybridized carbons (Fsp3) is 0.444. The quantitative estimate of drug-likeness (QED) is 0.932. The summed E-state index contributed by atoms with van der Waals surface area (Å²) in [5.41, 5.74) is 0.895. The van der Waals surface area contributed by atoms with E-state index >= 15 is 0 Å². The maximum Gasteiger partial charge on any atom is 0.161 e. The number of hydrogen-bond donors (Lipinski definition) is 1. The van der Waals surface area contributed by atoms with Crippen molar-refractivity contribution < 1.29 is 14.6 Å². The van der Waals surface area contributed by atoms with Crippen molar-refractivity contribution in [3.05, 3.63) is 46.2 Å². The summed E-state index contributed by atoms with van der Waals surface area (Å²) in [7, 11) is 0. The van der Waals surface area contributed by atoms with Gasteiger partial charge in [0.15, 0.2) is 11.5 Å². The molecule has 0 amide bonds. The number of nitrogens with zero attached hydrogens (tertiary/aromatic N) is 1. The van der Waals surface area contributed by atoms with E-state index in [1.165, 1.54) is 17.7 Å². The molecule has 0 spiro atoms. The largest absolute Gasteiger partial charge is 0.486 e. The van der Waals surface area contributed by atoms with Crippen molar-refractivity contribution in [3.63, 3.8) is 0 Å². The van der Waals surface area contributed by atoms with Gasteiger partial charge in [-0.2, -0.15) is 0 Å². The minimum Gasteiger partial charge on any atom is -0.486 e. The second kappa shape index (κ2) is 6.51. The fourth-order valence-corrected chi connectivity index (χ4v) is 4.34. The van der Waals surface area contributed by atoms with Crippen LogP contribution in [0.5, 0.6) is 11.5 Å². The first-order valence-corrected chi connectivity index (χ1v) is 9.04. The first-order valence-electron chi connectivity index (χ1n) is 8.16. The van der Waals surface area contributed by atoms with Gasteiger partial charge in [0.25, 0.3) is 0 Å². The molecule has 2 aliphatic rings. The summed E-state index contributed by atoms with van der Waals surface area (Å²) in [6.45, 7) is 2.86. The summed E-state index contributed by atoms with van der Waals surface area (Å²) in [6, 6.07) is 10.5. The predicted molar refractivity (Wildman–Crippen MR) is 90.3 cm³/mol. The van der Waals surface area contributed by atoms with Gasteiger partial charge >= 0.3 is 0 Å². The Kier molecular flexibility index (Phi) is 4.25. The maximum absolute atomic E-state index is 10.7. The third-order valence-electron chi connectivity index (χ3n) is 4.59. The lowest BCUT2D eigenvalue weighted by Gasteiger charge is -2.27. The van der Waals surface area contributed by atoms with Crippen LogP contribution < -0.4 is 9.47 Å². The third-order valence-corrected chi connectivity index (χ3v) is 5.57. The number of rotatable bonds is 4. The normalized spacial score (nSPS) is 22.2. The van der Waals surface area contributed by atoms with E-state index in [0.29, 0.717) is 25.8 Å². The Labute approximate surface area is 140 Å². The lowest BCUT2D eigenvalue weighted by atomic mass is 10.1. The van der Waals surface area contributed by atoms with E-state index in [1.54, 1.807) is 11.3 Å². The topological polar surface area (TPSA) is 41.9 Å². The summed E-state index contributed by atoms with van der Waals surface area (Å²) < 4.78 is 11.2. The molecule has 3 heterocycles. The molecule has 2 aliphatic heterocycles. The summed E-state index contributed by atoms with van der Waals surface area (Å²) in [4.78, 5) is 3.80. The number of benzene rings is 1. The number of likely N-dealkylation sites (tertiary alicyclic amines) is 1. The highest BCUT2D eigenvalue weighted by Gasteiger charge is 2.28. The zero-order valence-corrected chi connectivity index (χ0v) is 13.8. The van der Waals surface area contributed by atoms with Crippen LogP contribution in [0.2, 0.25) is 0 Å². The van der Waals surface area contributed by atoms with E-state index < -0.39 is 6.10 Å². The van der Waals surface area contributed by atoms with Crippen LogP contribution in [0, 0.1) is 0 Å². The highest BCUT2D eigenvalue weighted by Crippen LogP contribution is 2.37. The van der Waals surface area contributed by atoms with Gasteiger partial charge in [-0.15, -0.1) is 11.3 Å². The van der Waals surface area contributed by atoms with Crippen molar-refractivity contribution in [2.45, 2.75) is 25.0 Å². The lowest BCUT2D eigenvalue weighted by molar-refractivity contribution is 0.106. The molecule has 5 heteroatoms. The van der Waals surface area contributed by atoms with Crippen LogP contribution in [0.1, 0.15) is 35.4 Å². The Hall–Kier alpha value is -1.56. The zero-order valence-electron chi connectivity index (χ0n) is 13.0. The summed E-state index contributed by atoms with van der Waals surface area (Å²) in [5.74, 6) is 1.51. The molecule has 0 saturated carbocycles. The molecule has 4 rings (SSSR count). The molecular formula is C18H21NO3S. The van der Waals surface area contributed by atoms with Gasteiger partial charge in [0.05, 0.1) is 6.10 Å².